The first-order chi connectivity index (χ1) is 10.4. The summed E-state index contributed by atoms with van der Waals surface area (Å²) in [5, 5.41) is 4.22. The molecule has 1 unspecified atom stereocenters. The highest BCUT2D eigenvalue weighted by molar-refractivity contribution is 6.30. The van der Waals surface area contributed by atoms with Gasteiger partial charge in [0, 0.05) is 17.0 Å². The van der Waals surface area contributed by atoms with Crippen LogP contribution in [0.5, 0.6) is 0 Å². The minimum absolute atomic E-state index is 0.0856. The first-order valence-corrected chi connectivity index (χ1v) is 8.82. The van der Waals surface area contributed by atoms with Crippen LogP contribution in [0.15, 0.2) is 24.3 Å². The van der Waals surface area contributed by atoms with Crippen molar-refractivity contribution in [2.45, 2.75) is 52.4 Å². The lowest BCUT2D eigenvalue weighted by Crippen LogP contribution is -2.36. The fourth-order valence-corrected chi connectivity index (χ4v) is 3.16. The van der Waals surface area contributed by atoms with Crippen LogP contribution >= 0.6 is 11.6 Å². The molecule has 1 aliphatic carbocycles. The van der Waals surface area contributed by atoms with Crippen LogP contribution in [0.2, 0.25) is 5.02 Å². The zero-order chi connectivity index (χ0) is 16.2. The Labute approximate surface area is 139 Å². The van der Waals surface area contributed by atoms with Gasteiger partial charge in [0.1, 0.15) is 5.78 Å². The Morgan fingerprint density at radius 1 is 1.32 bits per heavy atom. The van der Waals surface area contributed by atoms with Gasteiger partial charge < -0.3 is 5.32 Å². The maximum atomic E-state index is 13.1. The number of carbonyl (C=O) groups is 1. The van der Waals surface area contributed by atoms with Gasteiger partial charge in [0.15, 0.2) is 0 Å². The van der Waals surface area contributed by atoms with Crippen molar-refractivity contribution in [3.63, 3.8) is 0 Å². The molecule has 0 spiro atoms. The summed E-state index contributed by atoms with van der Waals surface area (Å²) in [4.78, 5) is 13.1. The first kappa shape index (κ1) is 17.5. The van der Waals surface area contributed by atoms with E-state index in [0.717, 1.165) is 37.4 Å². The van der Waals surface area contributed by atoms with Gasteiger partial charge in [-0.2, -0.15) is 0 Å². The first-order valence-electron chi connectivity index (χ1n) is 8.44. The van der Waals surface area contributed by atoms with E-state index in [1.807, 2.05) is 24.3 Å². The third-order valence-electron chi connectivity index (χ3n) is 4.61. The Kier molecular flexibility index (Phi) is 6.05. The number of hydrogen-bond acceptors (Lipinski definition) is 2. The number of ketones is 1. The van der Waals surface area contributed by atoms with E-state index in [1.54, 1.807) is 0 Å². The van der Waals surface area contributed by atoms with Gasteiger partial charge in [-0.3, -0.25) is 4.79 Å². The summed E-state index contributed by atoms with van der Waals surface area (Å²) in [5.41, 5.74) is 0.794. The fraction of sp³-hybridized carbons (Fsp3) is 0.632. The van der Waals surface area contributed by atoms with Gasteiger partial charge in [0.2, 0.25) is 0 Å². The van der Waals surface area contributed by atoms with Gasteiger partial charge in [0.05, 0.1) is 5.92 Å². The highest BCUT2D eigenvalue weighted by Crippen LogP contribution is 2.32. The molecule has 0 heterocycles. The molecular weight excluding hydrogens is 294 g/mol. The van der Waals surface area contributed by atoms with Crippen molar-refractivity contribution >= 4 is 17.4 Å². The zero-order valence-electron chi connectivity index (χ0n) is 14.0. The van der Waals surface area contributed by atoms with E-state index in [4.69, 9.17) is 11.6 Å². The predicted octanol–water partition coefficient (Wildman–Crippen LogP) is 4.82. The molecule has 2 rings (SSSR count). The molecule has 1 fully saturated rings. The highest BCUT2D eigenvalue weighted by Gasteiger charge is 2.34. The maximum absolute atomic E-state index is 13.1. The zero-order valence-corrected chi connectivity index (χ0v) is 14.7. The third kappa shape index (κ3) is 4.82. The number of rotatable bonds is 9. The average Bonchev–Trinajstić information content (AvgIpc) is 3.28. The molecular formula is C19H28ClNO. The van der Waals surface area contributed by atoms with Crippen molar-refractivity contribution in [2.75, 3.05) is 13.1 Å². The number of hydrogen-bond donors (Lipinski definition) is 1. The van der Waals surface area contributed by atoms with Crippen LogP contribution in [-0.2, 0) is 4.79 Å². The second-order valence-electron chi connectivity index (χ2n) is 7.20. The van der Waals surface area contributed by atoms with E-state index < -0.39 is 0 Å². The maximum Gasteiger partial charge on any atom is 0.147 e. The molecule has 1 saturated carbocycles. The van der Waals surface area contributed by atoms with Crippen molar-refractivity contribution in [1.29, 1.82) is 0 Å². The molecule has 0 bridgehead atoms. The van der Waals surface area contributed by atoms with Crippen LogP contribution < -0.4 is 5.32 Å². The Morgan fingerprint density at radius 3 is 2.50 bits per heavy atom. The second kappa shape index (κ2) is 7.61. The summed E-state index contributed by atoms with van der Waals surface area (Å²) in [6.07, 6.45) is 4.61. The van der Waals surface area contributed by atoms with E-state index in [1.165, 1.54) is 12.8 Å². The Balaban J connectivity index is 2.11. The summed E-state index contributed by atoms with van der Waals surface area (Å²) in [6, 6.07) is 7.74. The molecule has 1 aromatic carbocycles. The van der Waals surface area contributed by atoms with Crippen LogP contribution in [0.4, 0.5) is 0 Å². The number of Topliss-reactive ketones (excluding diaryl/α,β-unsaturated/α-hetero) is 1. The number of halogens is 1. The largest absolute Gasteiger partial charge is 0.315 e. The fourth-order valence-electron chi connectivity index (χ4n) is 3.03. The lowest BCUT2D eigenvalue weighted by Gasteiger charge is -2.28. The predicted molar refractivity (Wildman–Crippen MR) is 93.5 cm³/mol. The quantitative estimate of drug-likeness (QED) is 0.706. The Hall–Kier alpha value is -0.860. The minimum atomic E-state index is -0.277. The third-order valence-corrected chi connectivity index (χ3v) is 4.86. The average molecular weight is 322 g/mol. The summed E-state index contributed by atoms with van der Waals surface area (Å²) < 4.78 is 0. The second-order valence-corrected chi connectivity index (χ2v) is 7.64. The van der Waals surface area contributed by atoms with Gasteiger partial charge in [-0.25, -0.2) is 0 Å². The van der Waals surface area contributed by atoms with E-state index in [0.29, 0.717) is 10.8 Å². The molecule has 1 aliphatic rings. The monoisotopic (exact) mass is 321 g/mol. The summed E-state index contributed by atoms with van der Waals surface area (Å²) >= 11 is 5.99. The van der Waals surface area contributed by atoms with Gasteiger partial charge in [0.25, 0.3) is 0 Å². The molecule has 0 radical (unpaired) electrons. The van der Waals surface area contributed by atoms with Crippen molar-refractivity contribution in [1.82, 2.24) is 5.32 Å². The molecule has 0 aliphatic heterocycles. The van der Waals surface area contributed by atoms with Crippen LogP contribution in [0.25, 0.3) is 0 Å². The molecule has 0 saturated heterocycles. The Bertz CT molecular complexity index is 491. The van der Waals surface area contributed by atoms with Crippen LogP contribution in [0.1, 0.15) is 57.9 Å². The van der Waals surface area contributed by atoms with Gasteiger partial charge >= 0.3 is 0 Å². The van der Waals surface area contributed by atoms with Gasteiger partial charge in [-0.15, -0.1) is 0 Å². The van der Waals surface area contributed by atoms with E-state index in [2.05, 4.69) is 26.1 Å². The topological polar surface area (TPSA) is 29.1 Å². The summed E-state index contributed by atoms with van der Waals surface area (Å²) in [5.74, 6) is 1.07. The highest BCUT2D eigenvalue weighted by atomic mass is 35.5. The standard InChI is InChI=1S/C19H28ClNO/c1-4-11-19(2,3)18(22)17(13-21-12-14-5-6-14)15-7-9-16(20)10-8-15/h7-10,14,17,21H,4-6,11-13H2,1-3H3. The molecule has 1 aromatic rings. The van der Waals surface area contributed by atoms with Crippen LogP contribution in [0, 0.1) is 11.3 Å². The lowest BCUT2D eigenvalue weighted by atomic mass is 9.75. The molecule has 22 heavy (non-hydrogen) atoms. The molecule has 0 aromatic heterocycles. The molecule has 1 N–H and O–H groups in total. The van der Waals surface area contributed by atoms with E-state index in [9.17, 15) is 4.79 Å². The summed E-state index contributed by atoms with van der Waals surface area (Å²) in [6.45, 7) is 8.04. The number of benzene rings is 1. The molecule has 1 atom stereocenters. The van der Waals surface area contributed by atoms with E-state index >= 15 is 0 Å². The van der Waals surface area contributed by atoms with Crippen LogP contribution in [-0.4, -0.2) is 18.9 Å². The number of nitrogens with one attached hydrogen (secondary N) is 1. The number of carbonyl (C=O) groups excluding carboxylic acids is 1. The van der Waals surface area contributed by atoms with E-state index in [-0.39, 0.29) is 11.3 Å². The normalized spacial score (nSPS) is 16.5. The summed E-state index contributed by atoms with van der Waals surface area (Å²) in [7, 11) is 0. The van der Waals surface area contributed by atoms with Crippen LogP contribution in [0.3, 0.4) is 0 Å². The van der Waals surface area contributed by atoms with Gasteiger partial charge in [-0.05, 0) is 49.4 Å². The molecule has 0 amide bonds. The Morgan fingerprint density at radius 2 is 1.95 bits per heavy atom. The molecule has 122 valence electrons. The van der Waals surface area contributed by atoms with Crippen molar-refractivity contribution in [2.24, 2.45) is 11.3 Å². The van der Waals surface area contributed by atoms with Crippen molar-refractivity contribution < 1.29 is 4.79 Å². The molecule has 3 heteroatoms. The van der Waals surface area contributed by atoms with Gasteiger partial charge in [-0.1, -0.05) is 50.9 Å². The minimum Gasteiger partial charge on any atom is -0.315 e. The van der Waals surface area contributed by atoms with Crippen molar-refractivity contribution in [3.05, 3.63) is 34.9 Å². The lowest BCUT2D eigenvalue weighted by molar-refractivity contribution is -0.129. The molecule has 2 nitrogen and oxygen atoms in total. The SMILES string of the molecule is CCCC(C)(C)C(=O)C(CNCC1CC1)c1ccc(Cl)cc1. The smallest absolute Gasteiger partial charge is 0.147 e. The van der Waals surface area contributed by atoms with Crippen molar-refractivity contribution in [3.8, 4) is 0 Å².